The molecule has 7 heteroatoms. The van der Waals surface area contributed by atoms with Crippen LogP contribution in [-0.4, -0.2) is 15.0 Å². The number of hydrogen-bond donors (Lipinski definition) is 0. The fourth-order valence-corrected chi connectivity index (χ4v) is 2.94. The highest BCUT2D eigenvalue weighted by Gasteiger charge is 2.14. The average Bonchev–Trinajstić information content (AvgIpc) is 2.45. The van der Waals surface area contributed by atoms with Crippen molar-refractivity contribution in [3.05, 3.63) is 21.3 Å². The van der Waals surface area contributed by atoms with Gasteiger partial charge in [0, 0.05) is 4.01 Å². The fourth-order valence-electron chi connectivity index (χ4n) is 1.20. The quantitative estimate of drug-likeness (QED) is 0.732. The molecule has 3 nitrogen and oxygen atoms in total. The Bertz CT molecular complexity index is 584. The molecule has 1 aliphatic heterocycles. The molecule has 0 aliphatic carbocycles. The van der Waals surface area contributed by atoms with Gasteiger partial charge in [0.25, 0.3) is 6.43 Å². The Morgan fingerprint density at radius 3 is 2.93 bits per heavy atom. The number of rotatable bonds is 2. The summed E-state index contributed by atoms with van der Waals surface area (Å²) in [5.74, 6) is -1.57. The van der Waals surface area contributed by atoms with Crippen molar-refractivity contribution in [1.82, 2.24) is 4.57 Å². The van der Waals surface area contributed by atoms with Gasteiger partial charge in [-0.2, -0.15) is 0 Å². The lowest BCUT2D eigenvalue weighted by molar-refractivity contribution is 0.123. The molecule has 0 fully saturated rings. The highest BCUT2D eigenvalue weighted by Crippen LogP contribution is 2.05. The van der Waals surface area contributed by atoms with E-state index >= 15 is 0 Å². The molecule has 2 rings (SSSR count). The third kappa shape index (κ3) is 1.92. The third-order valence-corrected chi connectivity index (χ3v) is 3.65. The van der Waals surface area contributed by atoms with E-state index in [0.29, 0.717) is 0 Å². The second-order valence-corrected chi connectivity index (χ2v) is 4.74. The molecule has 0 amide bonds. The largest absolute Gasteiger partial charge is 0.420 e. The molecule has 0 saturated carbocycles. The first-order valence-electron chi connectivity index (χ1n) is 3.92. The molecule has 0 bridgehead atoms. The first-order valence-corrected chi connectivity index (χ1v) is 6.41. The molecule has 0 aromatic carbocycles. The predicted octanol–water partition coefficient (Wildman–Crippen LogP) is 0.309. The van der Waals surface area contributed by atoms with E-state index in [1.165, 1.54) is 4.01 Å². The number of halogens is 4. The van der Waals surface area contributed by atoms with E-state index in [2.05, 4.69) is 4.42 Å². The zero-order chi connectivity index (χ0) is 11.0. The van der Waals surface area contributed by atoms with Crippen LogP contribution in [0, 0.1) is 0 Å². The molecule has 0 atom stereocenters. The smallest absolute Gasteiger partial charge is 0.404 e. The summed E-state index contributed by atoms with van der Waals surface area (Å²) in [6.07, 6.45) is -2.66. The molecule has 0 spiro atoms. The van der Waals surface area contributed by atoms with Crippen molar-refractivity contribution in [2.45, 2.75) is 13.0 Å². The van der Waals surface area contributed by atoms with E-state index in [-0.39, 0.29) is 10.8 Å². The zero-order valence-corrected chi connectivity index (χ0v) is 9.37. The van der Waals surface area contributed by atoms with E-state index in [0.717, 1.165) is 4.57 Å². The molecule has 15 heavy (non-hydrogen) atoms. The number of hydrogen-bond acceptors (Lipinski definition) is 2. The van der Waals surface area contributed by atoms with Crippen molar-refractivity contribution in [3.63, 3.8) is 0 Å². The SMILES string of the molecule is O=c1oc2c(n1CC(F)F)=CI=CC=2F. The number of aromatic nitrogens is 1. The molecular weight excluding hydrogens is 326 g/mol. The lowest BCUT2D eigenvalue weighted by Crippen LogP contribution is -2.35. The Kier molecular flexibility index (Phi) is 2.81. The van der Waals surface area contributed by atoms with Crippen LogP contribution in [0.1, 0.15) is 0 Å². The molecule has 82 valence electrons. The minimum atomic E-state index is -2.66. The van der Waals surface area contributed by atoms with E-state index in [9.17, 15) is 18.0 Å². The van der Waals surface area contributed by atoms with Crippen molar-refractivity contribution in [2.24, 2.45) is 0 Å². The Hall–Kier alpha value is -0.860. The molecule has 1 aliphatic rings. The number of alkyl halides is 2. The van der Waals surface area contributed by atoms with Gasteiger partial charge < -0.3 is 4.42 Å². The Morgan fingerprint density at radius 2 is 2.27 bits per heavy atom. The van der Waals surface area contributed by atoms with Crippen LogP contribution in [0.15, 0.2) is 9.21 Å². The van der Waals surface area contributed by atoms with Crippen LogP contribution >= 0.6 is 20.7 Å². The maximum Gasteiger partial charge on any atom is 0.420 e. The Balaban J connectivity index is 2.72. The van der Waals surface area contributed by atoms with Crippen molar-refractivity contribution in [2.75, 3.05) is 0 Å². The van der Waals surface area contributed by atoms with Gasteiger partial charge in [0.1, 0.15) is 0 Å². The molecule has 0 radical (unpaired) electrons. The summed E-state index contributed by atoms with van der Waals surface area (Å²) in [4.78, 5) is 11.1. The summed E-state index contributed by atoms with van der Waals surface area (Å²) in [5.41, 5.74) is -0.230. The summed E-state index contributed by atoms with van der Waals surface area (Å²) in [5, 5.41) is 0.146. The normalized spacial score (nSPS) is 14.8. The van der Waals surface area contributed by atoms with E-state index in [1.807, 2.05) is 0 Å². The van der Waals surface area contributed by atoms with Gasteiger partial charge in [-0.05, 0) is 4.08 Å². The minimum Gasteiger partial charge on any atom is -0.404 e. The standard InChI is InChI=1S/C8H5F3INO2/c9-4-1-12-2-5-7(4)15-8(14)13(5)3-6(10)11/h1-2,6H,3H2. The summed E-state index contributed by atoms with van der Waals surface area (Å²) >= 11 is -0.671. The molecule has 0 unspecified atom stereocenters. The van der Waals surface area contributed by atoms with Crippen LogP contribution in [0.4, 0.5) is 13.2 Å². The predicted molar refractivity (Wildman–Crippen MR) is 57.3 cm³/mol. The molecule has 0 N–H and O–H groups in total. The Morgan fingerprint density at radius 1 is 1.53 bits per heavy atom. The number of fused-ring (bicyclic) bond motifs is 1. The molecule has 1 aromatic rings. The van der Waals surface area contributed by atoms with Crippen LogP contribution in [0.5, 0.6) is 0 Å². The van der Waals surface area contributed by atoms with Crippen molar-refractivity contribution in [3.8, 4) is 0 Å². The topological polar surface area (TPSA) is 35.1 Å². The number of oxazole rings is 1. The molecule has 0 saturated heterocycles. The van der Waals surface area contributed by atoms with E-state index < -0.39 is 45.3 Å². The van der Waals surface area contributed by atoms with Gasteiger partial charge in [-0.25, -0.2) is 18.0 Å². The highest BCUT2D eigenvalue weighted by molar-refractivity contribution is 14.2. The first kappa shape index (κ1) is 10.7. The van der Waals surface area contributed by atoms with Crippen LogP contribution in [0.25, 0.3) is 9.91 Å². The first-order chi connectivity index (χ1) is 7.09. The lowest BCUT2D eigenvalue weighted by Gasteiger charge is -1.98. The fraction of sp³-hybridized carbons (Fsp3) is 0.250. The molecular formula is C8H5F3INO2. The van der Waals surface area contributed by atoms with E-state index in [4.69, 9.17) is 0 Å². The summed E-state index contributed by atoms with van der Waals surface area (Å²) < 4.78 is 45.7. The second kappa shape index (κ2) is 3.95. The molecule has 1 aromatic heterocycles. The maximum absolute atomic E-state index is 13.1. The lowest BCUT2D eigenvalue weighted by atomic mass is 10.5. The van der Waals surface area contributed by atoms with Crippen molar-refractivity contribution in [1.29, 1.82) is 0 Å². The monoisotopic (exact) mass is 331 g/mol. The Labute approximate surface area is 91.2 Å². The van der Waals surface area contributed by atoms with Crippen molar-refractivity contribution >= 4 is 34.7 Å². The highest BCUT2D eigenvalue weighted by atomic mass is 127. The van der Waals surface area contributed by atoms with E-state index in [1.54, 1.807) is 4.08 Å². The third-order valence-electron chi connectivity index (χ3n) is 1.80. The summed E-state index contributed by atoms with van der Waals surface area (Å²) in [6.45, 7) is -0.759. The van der Waals surface area contributed by atoms with Gasteiger partial charge in [-0.15, -0.1) is 0 Å². The van der Waals surface area contributed by atoms with Crippen LogP contribution in [-0.2, 0) is 6.54 Å². The zero-order valence-electron chi connectivity index (χ0n) is 7.21. The molecule has 2 heterocycles. The average molecular weight is 331 g/mol. The van der Waals surface area contributed by atoms with Crippen molar-refractivity contribution < 1.29 is 17.6 Å². The van der Waals surface area contributed by atoms with Crippen LogP contribution in [0.2, 0.25) is 0 Å². The summed E-state index contributed by atoms with van der Waals surface area (Å²) in [6, 6.07) is 0. The van der Waals surface area contributed by atoms with Gasteiger partial charge in [-0.3, -0.25) is 4.57 Å². The van der Waals surface area contributed by atoms with Gasteiger partial charge in [0.2, 0.25) is 0 Å². The maximum atomic E-state index is 13.1. The minimum absolute atomic E-state index is 0.146. The number of nitrogens with zero attached hydrogens (tertiary/aromatic N) is 1. The van der Waals surface area contributed by atoms with Crippen LogP contribution in [0.3, 0.4) is 0 Å². The van der Waals surface area contributed by atoms with Gasteiger partial charge in [0.15, 0.2) is 11.2 Å². The van der Waals surface area contributed by atoms with Crippen LogP contribution < -0.4 is 16.5 Å². The van der Waals surface area contributed by atoms with Gasteiger partial charge in [0.05, 0.1) is 11.9 Å². The summed E-state index contributed by atoms with van der Waals surface area (Å²) in [7, 11) is 0. The van der Waals surface area contributed by atoms with Gasteiger partial charge in [-0.1, -0.05) is 20.7 Å². The van der Waals surface area contributed by atoms with Gasteiger partial charge >= 0.3 is 5.76 Å². The second-order valence-electron chi connectivity index (χ2n) is 2.78.